The molecule has 3 atom stereocenters. The Morgan fingerprint density at radius 1 is 1.19 bits per heavy atom. The Labute approximate surface area is 149 Å². The minimum atomic E-state index is -4.60. The van der Waals surface area contributed by atoms with Gasteiger partial charge in [-0.15, -0.1) is 0 Å². The van der Waals surface area contributed by atoms with Crippen molar-refractivity contribution in [1.82, 2.24) is 10.2 Å². The number of ether oxygens (including phenoxy) is 2. The largest absolute Gasteiger partial charge is 0.467 e. The van der Waals surface area contributed by atoms with Gasteiger partial charge < -0.3 is 19.7 Å². The van der Waals surface area contributed by atoms with Crippen LogP contribution in [0, 0.1) is 5.92 Å². The number of rotatable bonds is 5. The number of alkyl halides is 3. The molecule has 0 aromatic carbocycles. The Hall–Kier alpha value is -2.00. The third kappa shape index (κ3) is 5.25. The van der Waals surface area contributed by atoms with E-state index in [1.165, 1.54) is 7.11 Å². The lowest BCUT2D eigenvalue weighted by Gasteiger charge is -2.33. The fraction of sp³-hybridized carbons (Fsp3) is 0.812. The number of likely N-dealkylation sites (tertiary alicyclic amines) is 1. The molecule has 0 radical (unpaired) electrons. The second-order valence-corrected chi connectivity index (χ2v) is 6.56. The molecule has 148 valence electrons. The summed E-state index contributed by atoms with van der Waals surface area (Å²) >= 11 is 0. The number of methoxy groups -OCH3 is 1. The lowest BCUT2D eigenvalue weighted by molar-refractivity contribution is -0.160. The highest BCUT2D eigenvalue weighted by Gasteiger charge is 2.47. The molecule has 0 aromatic heterocycles. The minimum absolute atomic E-state index is 0.0301. The highest BCUT2D eigenvalue weighted by molar-refractivity contribution is 5.86. The second kappa shape index (κ2) is 8.59. The van der Waals surface area contributed by atoms with E-state index in [2.05, 4.69) is 10.1 Å². The van der Waals surface area contributed by atoms with Gasteiger partial charge >= 0.3 is 18.2 Å². The van der Waals surface area contributed by atoms with Gasteiger partial charge in [-0.05, 0) is 25.2 Å². The van der Waals surface area contributed by atoms with Crippen LogP contribution < -0.4 is 5.32 Å². The third-order valence-electron chi connectivity index (χ3n) is 4.82. The molecule has 1 saturated heterocycles. The standard InChI is InChI=1S/C16H23F3N2O5/c1-25-14(23)12-8-10-4-2-3-5-11(10)21(12)13(22)6-7-20-15(24)26-9-16(17,18)19/h10-12H,2-9H2,1H3,(H,20,24)/t10-,11+,12-/m0/s1. The molecule has 1 heterocycles. The number of alkyl carbamates (subject to hydrolysis) is 1. The van der Waals surface area contributed by atoms with Crippen molar-refractivity contribution in [3.05, 3.63) is 0 Å². The fourth-order valence-corrected chi connectivity index (χ4v) is 3.76. The minimum Gasteiger partial charge on any atom is -0.467 e. The molecule has 1 saturated carbocycles. The van der Waals surface area contributed by atoms with Crippen molar-refractivity contribution in [3.8, 4) is 0 Å². The molecule has 10 heteroatoms. The van der Waals surface area contributed by atoms with Crippen molar-refractivity contribution in [1.29, 1.82) is 0 Å². The summed E-state index contributed by atoms with van der Waals surface area (Å²) in [6, 6.07) is -0.671. The number of halogens is 3. The summed E-state index contributed by atoms with van der Waals surface area (Å²) in [4.78, 5) is 37.3. The molecule has 0 aromatic rings. The summed E-state index contributed by atoms with van der Waals surface area (Å²) < 4.78 is 44.7. The Kier molecular flexibility index (Phi) is 6.71. The number of esters is 1. The first-order chi connectivity index (χ1) is 12.2. The van der Waals surface area contributed by atoms with Crippen molar-refractivity contribution in [2.24, 2.45) is 5.92 Å². The number of nitrogens with zero attached hydrogens (tertiary/aromatic N) is 1. The molecule has 7 nitrogen and oxygen atoms in total. The molecule has 0 bridgehead atoms. The summed E-state index contributed by atoms with van der Waals surface area (Å²) in [5.74, 6) is -0.544. The van der Waals surface area contributed by atoms with Gasteiger partial charge in [-0.1, -0.05) is 12.8 Å². The maximum atomic E-state index is 12.6. The van der Waals surface area contributed by atoms with Crippen LogP contribution >= 0.6 is 0 Å². The molecular formula is C16H23F3N2O5. The van der Waals surface area contributed by atoms with E-state index in [4.69, 9.17) is 4.74 Å². The summed E-state index contributed by atoms with van der Waals surface area (Å²) in [7, 11) is 1.27. The highest BCUT2D eigenvalue weighted by atomic mass is 19.4. The van der Waals surface area contributed by atoms with Crippen molar-refractivity contribution in [2.45, 2.75) is 56.8 Å². The van der Waals surface area contributed by atoms with Crippen LogP contribution in [0.25, 0.3) is 0 Å². The van der Waals surface area contributed by atoms with Crippen LogP contribution in [-0.4, -0.2) is 61.4 Å². The Morgan fingerprint density at radius 2 is 1.88 bits per heavy atom. The maximum absolute atomic E-state index is 12.6. The SMILES string of the molecule is COC(=O)[C@@H]1C[C@@H]2CCCC[C@H]2N1C(=O)CCNC(=O)OCC(F)(F)F. The van der Waals surface area contributed by atoms with Gasteiger partial charge in [0, 0.05) is 19.0 Å². The quantitative estimate of drug-likeness (QED) is 0.738. The third-order valence-corrected chi connectivity index (χ3v) is 4.82. The van der Waals surface area contributed by atoms with Gasteiger partial charge in [-0.25, -0.2) is 9.59 Å². The number of fused-ring (bicyclic) bond motifs is 1. The second-order valence-electron chi connectivity index (χ2n) is 6.56. The number of hydrogen-bond acceptors (Lipinski definition) is 5. The van der Waals surface area contributed by atoms with Crippen LogP contribution in [0.15, 0.2) is 0 Å². The predicted molar refractivity (Wildman–Crippen MR) is 83.0 cm³/mol. The molecule has 1 aliphatic carbocycles. The molecule has 0 spiro atoms. The van der Waals surface area contributed by atoms with Crippen molar-refractivity contribution < 1.29 is 37.0 Å². The monoisotopic (exact) mass is 380 g/mol. The van der Waals surface area contributed by atoms with Gasteiger partial charge in [0.1, 0.15) is 6.04 Å². The van der Waals surface area contributed by atoms with Gasteiger partial charge in [-0.3, -0.25) is 4.79 Å². The van der Waals surface area contributed by atoms with Crippen LogP contribution in [0.4, 0.5) is 18.0 Å². The van der Waals surface area contributed by atoms with Crippen molar-refractivity contribution in [2.75, 3.05) is 20.3 Å². The Morgan fingerprint density at radius 3 is 2.54 bits per heavy atom. The van der Waals surface area contributed by atoms with Crippen LogP contribution in [0.2, 0.25) is 0 Å². The van der Waals surface area contributed by atoms with Gasteiger partial charge in [-0.2, -0.15) is 13.2 Å². The Balaban J connectivity index is 1.87. The molecule has 1 N–H and O–H groups in total. The zero-order valence-electron chi connectivity index (χ0n) is 14.5. The van der Waals surface area contributed by atoms with Gasteiger partial charge in [0.05, 0.1) is 7.11 Å². The maximum Gasteiger partial charge on any atom is 0.422 e. The van der Waals surface area contributed by atoms with E-state index in [0.717, 1.165) is 25.7 Å². The van der Waals surface area contributed by atoms with E-state index >= 15 is 0 Å². The molecular weight excluding hydrogens is 357 g/mol. The smallest absolute Gasteiger partial charge is 0.422 e. The fourth-order valence-electron chi connectivity index (χ4n) is 3.76. The molecule has 26 heavy (non-hydrogen) atoms. The number of nitrogens with one attached hydrogen (secondary N) is 1. The molecule has 0 unspecified atom stereocenters. The summed E-state index contributed by atoms with van der Waals surface area (Å²) in [6.45, 7) is -1.86. The average molecular weight is 380 g/mol. The topological polar surface area (TPSA) is 84.9 Å². The lowest BCUT2D eigenvalue weighted by atomic mass is 9.84. The number of amides is 2. The van der Waals surface area contributed by atoms with Gasteiger partial charge in [0.25, 0.3) is 0 Å². The van der Waals surface area contributed by atoms with Crippen LogP contribution in [0.3, 0.4) is 0 Å². The number of hydrogen-bond donors (Lipinski definition) is 1. The van der Waals surface area contributed by atoms with Crippen LogP contribution in [-0.2, 0) is 19.1 Å². The first-order valence-corrected chi connectivity index (χ1v) is 8.59. The van der Waals surface area contributed by atoms with Gasteiger partial charge in [0.2, 0.25) is 5.91 Å². The number of carbonyl (C=O) groups excluding carboxylic acids is 3. The molecule has 2 rings (SSSR count). The number of carbonyl (C=O) groups is 3. The summed E-state index contributed by atoms with van der Waals surface area (Å²) in [5, 5.41) is 2.11. The van der Waals surface area contributed by atoms with Crippen molar-refractivity contribution >= 4 is 18.0 Å². The summed E-state index contributed by atoms with van der Waals surface area (Å²) in [5.41, 5.74) is 0. The van der Waals surface area contributed by atoms with E-state index in [1.54, 1.807) is 4.90 Å². The van der Waals surface area contributed by atoms with Crippen LogP contribution in [0.5, 0.6) is 0 Å². The van der Waals surface area contributed by atoms with E-state index in [1.807, 2.05) is 0 Å². The lowest BCUT2D eigenvalue weighted by Crippen LogP contribution is -2.47. The van der Waals surface area contributed by atoms with Crippen molar-refractivity contribution in [3.63, 3.8) is 0 Å². The normalized spacial score (nSPS) is 25.4. The first-order valence-electron chi connectivity index (χ1n) is 8.59. The summed E-state index contributed by atoms with van der Waals surface area (Å²) in [6.07, 6.45) is -1.62. The van der Waals surface area contributed by atoms with Gasteiger partial charge in [0.15, 0.2) is 6.61 Å². The van der Waals surface area contributed by atoms with E-state index in [0.29, 0.717) is 6.42 Å². The van der Waals surface area contributed by atoms with E-state index in [-0.39, 0.29) is 30.8 Å². The zero-order chi connectivity index (χ0) is 19.3. The first kappa shape index (κ1) is 20.3. The van der Waals surface area contributed by atoms with E-state index in [9.17, 15) is 27.6 Å². The Bertz CT molecular complexity index is 540. The molecule has 2 amide bonds. The zero-order valence-corrected chi connectivity index (χ0v) is 14.5. The van der Waals surface area contributed by atoms with Crippen LogP contribution in [0.1, 0.15) is 38.5 Å². The van der Waals surface area contributed by atoms with E-state index < -0.39 is 30.9 Å². The molecule has 1 aliphatic heterocycles. The molecule has 2 fully saturated rings. The average Bonchev–Trinajstić information content (AvgIpc) is 2.98. The molecule has 2 aliphatic rings. The predicted octanol–water partition coefficient (Wildman–Crippen LogP) is 2.00. The highest BCUT2D eigenvalue weighted by Crippen LogP contribution is 2.40.